The molecule has 0 aliphatic carbocycles. The lowest BCUT2D eigenvalue weighted by Gasteiger charge is -2.03. The highest BCUT2D eigenvalue weighted by Crippen LogP contribution is 2.30. The Bertz CT molecular complexity index is 1160. The van der Waals surface area contributed by atoms with Crippen LogP contribution >= 0.6 is 0 Å². The summed E-state index contributed by atoms with van der Waals surface area (Å²) in [6.07, 6.45) is 3.72. The first kappa shape index (κ1) is 19.8. The van der Waals surface area contributed by atoms with Gasteiger partial charge in [0.25, 0.3) is 0 Å². The molecule has 0 spiro atoms. The van der Waals surface area contributed by atoms with Crippen LogP contribution in [0.3, 0.4) is 0 Å². The number of benzene rings is 1. The number of para-hydroxylation sites is 1. The summed E-state index contributed by atoms with van der Waals surface area (Å²) in [5.74, 6) is -2.51. The number of nitrogens with one attached hydrogen (secondary N) is 1. The van der Waals surface area contributed by atoms with Crippen molar-refractivity contribution in [1.82, 2.24) is 24.7 Å². The van der Waals surface area contributed by atoms with Crippen molar-refractivity contribution in [3.8, 4) is 11.4 Å². The van der Waals surface area contributed by atoms with Gasteiger partial charge in [0.15, 0.2) is 0 Å². The number of aryl methyl sites for hydroxylation is 2. The smallest absolute Gasteiger partial charge is 0.414 e. The third-order valence-electron chi connectivity index (χ3n) is 4.41. The minimum absolute atomic E-state index is 0.0440. The van der Waals surface area contributed by atoms with Gasteiger partial charge < -0.3 is 24.3 Å². The molecule has 29 heavy (non-hydrogen) atoms. The molecule has 4 rings (SSSR count). The van der Waals surface area contributed by atoms with E-state index in [9.17, 15) is 0 Å². The molecule has 1 unspecified atom stereocenters. The average molecular weight is 397 g/mol. The fourth-order valence-corrected chi connectivity index (χ4v) is 2.96. The third-order valence-corrected chi connectivity index (χ3v) is 4.41. The number of aromatic nitrogens is 5. The van der Waals surface area contributed by atoms with Gasteiger partial charge in [-0.2, -0.15) is 4.98 Å². The molecular weight excluding hydrogens is 378 g/mol. The van der Waals surface area contributed by atoms with Gasteiger partial charge in [-0.15, -0.1) is 0 Å². The van der Waals surface area contributed by atoms with E-state index < -0.39 is 11.9 Å². The molecule has 3 heterocycles. The van der Waals surface area contributed by atoms with E-state index in [1.165, 1.54) is 0 Å². The van der Waals surface area contributed by atoms with Crippen LogP contribution in [0.15, 0.2) is 41.3 Å². The number of nitrogens with zero attached hydrogens (tertiary/aromatic N) is 4. The summed E-state index contributed by atoms with van der Waals surface area (Å²) in [6.45, 7) is 4.00. The maximum Gasteiger partial charge on any atom is 0.414 e. The first-order chi connectivity index (χ1) is 13.8. The highest BCUT2D eigenvalue weighted by Gasteiger charge is 2.21. The summed E-state index contributed by atoms with van der Waals surface area (Å²) < 4.78 is 7.56. The second kappa shape index (κ2) is 7.97. The van der Waals surface area contributed by atoms with Crippen LogP contribution in [0.25, 0.3) is 22.3 Å². The number of carboxylic acids is 2. The van der Waals surface area contributed by atoms with E-state index in [2.05, 4.69) is 36.8 Å². The molecule has 0 bridgehead atoms. The van der Waals surface area contributed by atoms with Crippen molar-refractivity contribution >= 4 is 22.8 Å². The van der Waals surface area contributed by atoms with E-state index in [1.807, 2.05) is 39.2 Å². The summed E-state index contributed by atoms with van der Waals surface area (Å²) in [4.78, 5) is 30.2. The van der Waals surface area contributed by atoms with Crippen molar-refractivity contribution in [1.29, 1.82) is 0 Å². The Labute approximate surface area is 164 Å². The molecule has 10 nitrogen and oxygen atoms in total. The lowest BCUT2D eigenvalue weighted by molar-refractivity contribution is -0.159. The molecule has 0 radical (unpaired) electrons. The van der Waals surface area contributed by atoms with E-state index in [0.29, 0.717) is 11.7 Å². The summed E-state index contributed by atoms with van der Waals surface area (Å²) in [5.41, 5.74) is 4.06. The van der Waals surface area contributed by atoms with Crippen LogP contribution in [-0.4, -0.2) is 46.8 Å². The molecule has 0 amide bonds. The SMILES string of the molecule is Cc1[nH]cnc1C(C)c1nc(-c2cn(C)c3ccccc23)no1.O=C(O)C(=O)O. The Morgan fingerprint density at radius 2 is 1.90 bits per heavy atom. The van der Waals surface area contributed by atoms with Gasteiger partial charge in [-0.3, -0.25) is 0 Å². The summed E-state index contributed by atoms with van der Waals surface area (Å²) >= 11 is 0. The normalized spacial score (nSPS) is 11.7. The first-order valence-electron chi connectivity index (χ1n) is 8.63. The highest BCUT2D eigenvalue weighted by atomic mass is 16.5. The second-order valence-electron chi connectivity index (χ2n) is 6.37. The van der Waals surface area contributed by atoms with Crippen LogP contribution < -0.4 is 0 Å². The number of imidazole rings is 1. The van der Waals surface area contributed by atoms with E-state index in [-0.39, 0.29) is 5.92 Å². The van der Waals surface area contributed by atoms with Crippen molar-refractivity contribution in [2.75, 3.05) is 0 Å². The topological polar surface area (TPSA) is 147 Å². The maximum atomic E-state index is 9.10. The Balaban J connectivity index is 0.000000353. The minimum Gasteiger partial charge on any atom is -0.473 e. The van der Waals surface area contributed by atoms with Crippen molar-refractivity contribution < 1.29 is 24.3 Å². The van der Waals surface area contributed by atoms with Gasteiger partial charge in [0.05, 0.1) is 17.9 Å². The number of carbonyl (C=O) groups is 2. The van der Waals surface area contributed by atoms with Crippen molar-refractivity contribution in [3.05, 3.63) is 54.1 Å². The zero-order valence-corrected chi connectivity index (χ0v) is 15.9. The van der Waals surface area contributed by atoms with Gasteiger partial charge in [-0.1, -0.05) is 23.4 Å². The Morgan fingerprint density at radius 3 is 2.52 bits per heavy atom. The minimum atomic E-state index is -1.82. The molecule has 3 aromatic heterocycles. The molecule has 1 atom stereocenters. The molecule has 0 fully saturated rings. The number of fused-ring (bicyclic) bond motifs is 1. The van der Waals surface area contributed by atoms with Gasteiger partial charge in [0.2, 0.25) is 11.7 Å². The van der Waals surface area contributed by atoms with Crippen LogP contribution in [0.4, 0.5) is 0 Å². The van der Waals surface area contributed by atoms with E-state index in [1.54, 1.807) is 6.33 Å². The second-order valence-corrected chi connectivity index (χ2v) is 6.37. The Kier molecular flexibility index (Phi) is 5.44. The number of hydrogen-bond donors (Lipinski definition) is 3. The molecule has 4 aromatic rings. The number of aliphatic carboxylic acids is 2. The van der Waals surface area contributed by atoms with Gasteiger partial charge in [0.1, 0.15) is 0 Å². The summed E-state index contributed by atoms with van der Waals surface area (Å²) in [6, 6.07) is 8.19. The first-order valence-corrected chi connectivity index (χ1v) is 8.63. The molecule has 0 saturated carbocycles. The van der Waals surface area contributed by atoms with Gasteiger partial charge in [-0.25, -0.2) is 14.6 Å². The fourth-order valence-electron chi connectivity index (χ4n) is 2.96. The number of hydrogen-bond acceptors (Lipinski definition) is 6. The number of carboxylic acid groups (broad SMARTS) is 2. The van der Waals surface area contributed by atoms with Crippen LogP contribution in [0.5, 0.6) is 0 Å². The zero-order chi connectivity index (χ0) is 21.1. The molecule has 3 N–H and O–H groups in total. The fraction of sp³-hybridized carbons (Fsp3) is 0.211. The van der Waals surface area contributed by atoms with E-state index in [4.69, 9.17) is 24.3 Å². The number of H-pyrrole nitrogens is 1. The van der Waals surface area contributed by atoms with Crippen molar-refractivity contribution in [2.45, 2.75) is 19.8 Å². The molecule has 0 aliphatic heterocycles. The molecule has 10 heteroatoms. The standard InChI is InChI=1S/C17H17N5O.C2H2O4/c1-10(15-11(2)18-9-19-15)17-20-16(21-23-17)13-8-22(3)14-7-5-4-6-12(13)14;3-1(4)2(5)6/h4-10H,1-3H3,(H,18,19);(H,3,4)(H,5,6). The number of rotatable bonds is 3. The average Bonchev–Trinajstić information content (AvgIpc) is 3.41. The number of aromatic amines is 1. The maximum absolute atomic E-state index is 9.10. The van der Waals surface area contributed by atoms with E-state index >= 15 is 0 Å². The molecular formula is C19H19N5O5. The largest absolute Gasteiger partial charge is 0.473 e. The molecule has 1 aromatic carbocycles. The van der Waals surface area contributed by atoms with Crippen LogP contribution in [0.2, 0.25) is 0 Å². The quantitative estimate of drug-likeness (QED) is 0.447. The van der Waals surface area contributed by atoms with Gasteiger partial charge >= 0.3 is 11.9 Å². The lowest BCUT2D eigenvalue weighted by atomic mass is 10.1. The lowest BCUT2D eigenvalue weighted by Crippen LogP contribution is -2.09. The molecule has 0 aliphatic rings. The Morgan fingerprint density at radius 1 is 1.21 bits per heavy atom. The third kappa shape index (κ3) is 4.00. The highest BCUT2D eigenvalue weighted by molar-refractivity contribution is 6.27. The van der Waals surface area contributed by atoms with Crippen molar-refractivity contribution in [3.63, 3.8) is 0 Å². The van der Waals surface area contributed by atoms with Crippen molar-refractivity contribution in [2.24, 2.45) is 7.05 Å². The monoisotopic (exact) mass is 397 g/mol. The van der Waals surface area contributed by atoms with Crippen LogP contribution in [0.1, 0.15) is 30.1 Å². The predicted molar refractivity (Wildman–Crippen MR) is 102 cm³/mol. The van der Waals surface area contributed by atoms with E-state index in [0.717, 1.165) is 27.9 Å². The van der Waals surface area contributed by atoms with Crippen LogP contribution in [0, 0.1) is 6.92 Å². The summed E-state index contributed by atoms with van der Waals surface area (Å²) in [5, 5.41) is 20.1. The molecule has 150 valence electrons. The Hall–Kier alpha value is -3.95. The summed E-state index contributed by atoms with van der Waals surface area (Å²) in [7, 11) is 2.02. The van der Waals surface area contributed by atoms with Gasteiger partial charge in [-0.05, 0) is 19.9 Å². The molecule has 0 saturated heterocycles. The predicted octanol–water partition coefficient (Wildman–Crippen LogP) is 2.57. The van der Waals surface area contributed by atoms with Crippen LogP contribution in [-0.2, 0) is 16.6 Å². The van der Waals surface area contributed by atoms with Gasteiger partial charge in [0, 0.05) is 35.4 Å². The zero-order valence-electron chi connectivity index (χ0n) is 15.9.